The van der Waals surface area contributed by atoms with Crippen molar-refractivity contribution in [3.8, 4) is 6.01 Å². The highest BCUT2D eigenvalue weighted by Crippen LogP contribution is 2.32. The third kappa shape index (κ3) is 5.43. The Morgan fingerprint density at radius 2 is 1.85 bits per heavy atom. The Morgan fingerprint density at radius 3 is 2.50 bits per heavy atom. The first-order valence-corrected chi connectivity index (χ1v) is 12.5. The predicted octanol–water partition coefficient (Wildman–Crippen LogP) is 4.52. The van der Waals surface area contributed by atoms with Gasteiger partial charge in [-0.15, -0.1) is 0 Å². The van der Waals surface area contributed by atoms with E-state index in [9.17, 15) is 4.79 Å². The van der Waals surface area contributed by atoms with Gasteiger partial charge in [0.25, 0.3) is 6.01 Å². The van der Waals surface area contributed by atoms with Gasteiger partial charge in [-0.2, -0.15) is 4.98 Å². The zero-order chi connectivity index (χ0) is 23.9. The van der Waals surface area contributed by atoms with Crippen molar-refractivity contribution >= 4 is 17.1 Å². The second kappa shape index (κ2) is 11.5. The number of ether oxygens (including phenoxy) is 1. The summed E-state index contributed by atoms with van der Waals surface area (Å²) < 4.78 is 12.8. The molecule has 0 unspecified atom stereocenters. The summed E-state index contributed by atoms with van der Waals surface area (Å²) >= 11 is 0. The van der Waals surface area contributed by atoms with Crippen LogP contribution in [0.5, 0.6) is 6.01 Å². The van der Waals surface area contributed by atoms with Crippen molar-refractivity contribution in [3.05, 3.63) is 42.5 Å². The second-order valence-electron chi connectivity index (χ2n) is 9.26. The fourth-order valence-electron chi connectivity index (χ4n) is 4.96. The number of piperidine rings is 2. The third-order valence-electron chi connectivity index (χ3n) is 6.66. The Morgan fingerprint density at radius 1 is 1.12 bits per heavy atom. The van der Waals surface area contributed by atoms with Crippen LogP contribution in [0.1, 0.15) is 57.6 Å². The highest BCUT2D eigenvalue weighted by atomic mass is 16.5. The molecule has 8 nitrogen and oxygen atoms in total. The summed E-state index contributed by atoms with van der Waals surface area (Å²) in [6.45, 7) is 8.62. The fourth-order valence-corrected chi connectivity index (χ4v) is 4.96. The Hall–Kier alpha value is -2.87. The van der Waals surface area contributed by atoms with Crippen molar-refractivity contribution in [2.75, 3.05) is 33.3 Å². The lowest BCUT2D eigenvalue weighted by atomic mass is 9.93. The number of carbonyl (C=O) groups excluding carboxylic acids is 1. The number of pyridine rings is 1. The number of hydrogen-bond acceptors (Lipinski definition) is 6. The van der Waals surface area contributed by atoms with E-state index < -0.39 is 0 Å². The molecule has 34 heavy (non-hydrogen) atoms. The largest absolute Gasteiger partial charge is 0.472 e. The van der Waals surface area contributed by atoms with Crippen LogP contribution in [0.25, 0.3) is 11.2 Å². The molecular weight excluding hydrogens is 430 g/mol. The molecule has 3 aromatic rings. The monoisotopic (exact) mass is 467 g/mol. The van der Waals surface area contributed by atoms with Gasteiger partial charge >= 0.3 is 0 Å². The molecule has 2 aliphatic heterocycles. The average molecular weight is 468 g/mol. The van der Waals surface area contributed by atoms with Crippen molar-refractivity contribution in [2.45, 2.75) is 58.5 Å². The molecule has 0 N–H and O–H groups in total. The van der Waals surface area contributed by atoms with E-state index in [1.165, 1.54) is 12.0 Å². The van der Waals surface area contributed by atoms with Crippen LogP contribution in [0.4, 0.5) is 0 Å². The van der Waals surface area contributed by atoms with Crippen molar-refractivity contribution in [2.24, 2.45) is 5.92 Å². The standard InChI is InChI=1S/C23H29N5O3.C3H8/c1-30-23-25-20-3-2-9-24-21(20)28(23)19-6-12-27(13-7-19)22(29)18-4-10-26(11-5-18)15-17-8-14-31-16-17;1-3-2/h2-3,8-9,14,16,18-19H,4-7,10-13,15H2,1H3;3H2,1-2H3. The van der Waals surface area contributed by atoms with Crippen molar-refractivity contribution < 1.29 is 13.9 Å². The number of aromatic nitrogens is 3. The van der Waals surface area contributed by atoms with Crippen LogP contribution in [0.2, 0.25) is 0 Å². The van der Waals surface area contributed by atoms with Crippen LogP contribution in [0.15, 0.2) is 41.3 Å². The molecule has 0 bridgehead atoms. The zero-order valence-corrected chi connectivity index (χ0v) is 20.7. The molecule has 184 valence electrons. The van der Waals surface area contributed by atoms with Crippen molar-refractivity contribution in [1.29, 1.82) is 0 Å². The van der Waals surface area contributed by atoms with Gasteiger partial charge in [0, 0.05) is 43.4 Å². The smallest absolute Gasteiger partial charge is 0.298 e. The minimum Gasteiger partial charge on any atom is -0.472 e. The number of hydrogen-bond donors (Lipinski definition) is 0. The first-order chi connectivity index (χ1) is 16.6. The van der Waals surface area contributed by atoms with Gasteiger partial charge in [-0.3, -0.25) is 14.3 Å². The summed E-state index contributed by atoms with van der Waals surface area (Å²) in [6.07, 6.45) is 10.2. The lowest BCUT2D eigenvalue weighted by molar-refractivity contribution is -0.138. The number of carbonyl (C=O) groups is 1. The molecule has 5 heterocycles. The maximum absolute atomic E-state index is 13.1. The Bertz CT molecular complexity index is 1030. The first-order valence-electron chi connectivity index (χ1n) is 12.5. The SMILES string of the molecule is CCC.COc1nc2cccnc2n1C1CCN(C(=O)C2CCN(Cc3ccoc3)CC2)CC1. The number of rotatable bonds is 5. The summed E-state index contributed by atoms with van der Waals surface area (Å²) in [5.41, 5.74) is 2.90. The minimum absolute atomic E-state index is 0.141. The number of imidazole rings is 1. The van der Waals surface area contributed by atoms with Crippen LogP contribution < -0.4 is 4.74 Å². The number of amides is 1. The number of fused-ring (bicyclic) bond motifs is 1. The normalized spacial score (nSPS) is 18.0. The quantitative estimate of drug-likeness (QED) is 0.549. The van der Waals surface area contributed by atoms with Gasteiger partial charge in [0.2, 0.25) is 5.91 Å². The lowest BCUT2D eigenvalue weighted by Gasteiger charge is -2.37. The predicted molar refractivity (Wildman–Crippen MR) is 132 cm³/mol. The number of likely N-dealkylation sites (tertiary alicyclic amines) is 2. The Kier molecular flexibility index (Phi) is 8.21. The van der Waals surface area contributed by atoms with Crippen LogP contribution in [0.3, 0.4) is 0 Å². The first kappa shape index (κ1) is 24.3. The average Bonchev–Trinajstić information content (AvgIpc) is 3.52. The minimum atomic E-state index is 0.141. The summed E-state index contributed by atoms with van der Waals surface area (Å²) in [5.74, 6) is 0.462. The molecule has 5 rings (SSSR count). The lowest BCUT2D eigenvalue weighted by Crippen LogP contribution is -2.45. The molecule has 2 aliphatic rings. The highest BCUT2D eigenvalue weighted by Gasteiger charge is 2.32. The van der Waals surface area contributed by atoms with Gasteiger partial charge in [-0.1, -0.05) is 20.3 Å². The van der Waals surface area contributed by atoms with E-state index in [1.54, 1.807) is 25.8 Å². The Labute approximate surface area is 201 Å². The van der Waals surface area contributed by atoms with E-state index in [1.807, 2.05) is 18.2 Å². The maximum atomic E-state index is 13.1. The molecule has 0 atom stereocenters. The van der Waals surface area contributed by atoms with Gasteiger partial charge in [0.15, 0.2) is 5.65 Å². The summed E-state index contributed by atoms with van der Waals surface area (Å²) in [6, 6.07) is 6.70. The molecule has 0 aromatic carbocycles. The van der Waals surface area contributed by atoms with E-state index in [-0.39, 0.29) is 12.0 Å². The molecule has 2 saturated heterocycles. The van der Waals surface area contributed by atoms with E-state index in [0.717, 1.165) is 69.6 Å². The van der Waals surface area contributed by atoms with E-state index in [2.05, 4.69) is 38.2 Å². The van der Waals surface area contributed by atoms with Crippen molar-refractivity contribution in [1.82, 2.24) is 24.3 Å². The molecule has 0 aliphatic carbocycles. The highest BCUT2D eigenvalue weighted by molar-refractivity contribution is 5.79. The number of furan rings is 1. The molecule has 0 spiro atoms. The molecule has 8 heteroatoms. The van der Waals surface area contributed by atoms with Crippen LogP contribution in [-0.2, 0) is 11.3 Å². The van der Waals surface area contributed by atoms with Gasteiger partial charge in [-0.05, 0) is 57.0 Å². The fraction of sp³-hybridized carbons (Fsp3) is 0.577. The van der Waals surface area contributed by atoms with Crippen LogP contribution >= 0.6 is 0 Å². The topological polar surface area (TPSA) is 76.6 Å². The third-order valence-corrected chi connectivity index (χ3v) is 6.66. The molecule has 0 radical (unpaired) electrons. The number of nitrogens with zero attached hydrogens (tertiary/aromatic N) is 5. The second-order valence-corrected chi connectivity index (χ2v) is 9.26. The molecule has 2 fully saturated rings. The van der Waals surface area contributed by atoms with Crippen molar-refractivity contribution in [3.63, 3.8) is 0 Å². The summed E-state index contributed by atoms with van der Waals surface area (Å²) in [5, 5.41) is 0. The van der Waals surface area contributed by atoms with E-state index >= 15 is 0 Å². The van der Waals surface area contributed by atoms with Gasteiger partial charge in [0.05, 0.1) is 19.6 Å². The molecule has 1 amide bonds. The van der Waals surface area contributed by atoms with E-state index in [0.29, 0.717) is 11.9 Å². The molecule has 3 aromatic heterocycles. The summed E-state index contributed by atoms with van der Waals surface area (Å²) in [7, 11) is 1.65. The van der Waals surface area contributed by atoms with Crippen LogP contribution in [-0.4, -0.2) is 63.5 Å². The maximum Gasteiger partial charge on any atom is 0.298 e. The van der Waals surface area contributed by atoms with Gasteiger partial charge in [0.1, 0.15) is 5.52 Å². The number of methoxy groups -OCH3 is 1. The van der Waals surface area contributed by atoms with Gasteiger partial charge < -0.3 is 14.1 Å². The Balaban J connectivity index is 0.000000868. The molecular formula is C26H37N5O3. The van der Waals surface area contributed by atoms with Crippen LogP contribution in [0, 0.1) is 5.92 Å². The van der Waals surface area contributed by atoms with Gasteiger partial charge in [-0.25, -0.2) is 4.98 Å². The molecule has 0 saturated carbocycles. The summed E-state index contributed by atoms with van der Waals surface area (Å²) in [4.78, 5) is 26.7. The zero-order valence-electron chi connectivity index (χ0n) is 20.7. The van der Waals surface area contributed by atoms with E-state index in [4.69, 9.17) is 9.15 Å².